The summed E-state index contributed by atoms with van der Waals surface area (Å²) in [5, 5.41) is 0.509. The average molecular weight is 412 g/mol. The summed E-state index contributed by atoms with van der Waals surface area (Å²) in [4.78, 5) is 4.44. The van der Waals surface area contributed by atoms with Crippen LogP contribution < -0.4 is 0 Å². The van der Waals surface area contributed by atoms with Crippen LogP contribution >= 0.6 is 34.2 Å². The first kappa shape index (κ1) is 18.3. The van der Waals surface area contributed by atoms with E-state index in [9.17, 15) is 0 Å². The molecule has 0 fully saturated rings. The van der Waals surface area contributed by atoms with Crippen molar-refractivity contribution in [2.24, 2.45) is 0 Å². The molecule has 0 saturated carbocycles. The summed E-state index contributed by atoms with van der Waals surface area (Å²) in [5.41, 5.74) is 0.0370. The molecule has 0 bridgehead atoms. The van der Waals surface area contributed by atoms with Crippen LogP contribution in [-0.2, 0) is 5.41 Å². The Hall–Kier alpha value is 0.230. The van der Waals surface area contributed by atoms with Gasteiger partial charge in [-0.05, 0) is 12.8 Å². The second kappa shape index (κ2) is 9.29. The molecule has 116 valence electrons. The van der Waals surface area contributed by atoms with Crippen molar-refractivity contribution in [3.63, 3.8) is 0 Å². The maximum atomic E-state index is 6.06. The quantitative estimate of drug-likeness (QED) is 0.315. The van der Waals surface area contributed by atoms with Gasteiger partial charge in [-0.1, -0.05) is 77.3 Å². The maximum Gasteiger partial charge on any atom is 0.203 e. The van der Waals surface area contributed by atoms with E-state index < -0.39 is 0 Å². The van der Waals surface area contributed by atoms with Gasteiger partial charge in [0.1, 0.15) is 0 Å². The van der Waals surface area contributed by atoms with Gasteiger partial charge in [-0.15, -0.1) is 0 Å². The highest BCUT2D eigenvalue weighted by atomic mass is 127. The zero-order valence-electron chi connectivity index (χ0n) is 13.0. The molecule has 1 aromatic heterocycles. The third-order valence-electron chi connectivity index (χ3n) is 3.98. The molecule has 0 aliphatic heterocycles. The summed E-state index contributed by atoms with van der Waals surface area (Å²) in [7, 11) is 0. The highest BCUT2D eigenvalue weighted by molar-refractivity contribution is 14.1. The normalized spacial score (nSPS) is 14.4. The number of hydrogen-bond acceptors (Lipinski definition) is 2. The van der Waals surface area contributed by atoms with E-state index in [2.05, 4.69) is 48.3 Å². The molecule has 4 heteroatoms. The number of halogens is 2. The van der Waals surface area contributed by atoms with Gasteiger partial charge in [0, 0.05) is 28.0 Å². The Morgan fingerprint density at radius 3 is 2.20 bits per heavy atom. The van der Waals surface area contributed by atoms with E-state index >= 15 is 0 Å². The average Bonchev–Trinajstić information content (AvgIpc) is 2.77. The molecule has 0 saturated heterocycles. The fraction of sp³-hybridized carbons (Fsp3) is 0.812. The van der Waals surface area contributed by atoms with Gasteiger partial charge in [-0.25, -0.2) is 4.98 Å². The Morgan fingerprint density at radius 1 is 1.05 bits per heavy atom. The number of oxazole rings is 1. The van der Waals surface area contributed by atoms with Crippen molar-refractivity contribution in [3.8, 4) is 0 Å². The van der Waals surface area contributed by atoms with Crippen molar-refractivity contribution in [3.05, 3.63) is 14.8 Å². The molecule has 0 amide bonds. The van der Waals surface area contributed by atoms with E-state index in [1.165, 1.54) is 44.9 Å². The molecule has 0 N–H and O–H groups in total. The van der Waals surface area contributed by atoms with Crippen LogP contribution in [0.5, 0.6) is 0 Å². The Labute approximate surface area is 142 Å². The summed E-state index contributed by atoms with van der Waals surface area (Å²) in [6.07, 6.45) is 11.2. The predicted octanol–water partition coefficient (Wildman–Crippen LogP) is 6.74. The lowest BCUT2D eigenvalue weighted by atomic mass is 9.80. The first-order valence-electron chi connectivity index (χ1n) is 7.85. The van der Waals surface area contributed by atoms with E-state index in [4.69, 9.17) is 16.0 Å². The molecule has 1 heterocycles. The molecule has 0 aromatic carbocycles. The van der Waals surface area contributed by atoms with E-state index in [0.717, 1.165) is 18.7 Å². The number of nitrogens with zero attached hydrogens (tertiary/aromatic N) is 1. The van der Waals surface area contributed by atoms with Gasteiger partial charge >= 0.3 is 0 Å². The van der Waals surface area contributed by atoms with E-state index in [0.29, 0.717) is 8.92 Å². The van der Waals surface area contributed by atoms with Gasteiger partial charge in [0.15, 0.2) is 5.15 Å². The number of unbranched alkanes of at least 4 members (excludes halogenated alkanes) is 5. The highest BCUT2D eigenvalue weighted by Gasteiger charge is 2.31. The van der Waals surface area contributed by atoms with Gasteiger partial charge in [0.2, 0.25) is 9.66 Å². The van der Waals surface area contributed by atoms with Crippen LogP contribution in [0.4, 0.5) is 0 Å². The molecule has 0 radical (unpaired) electrons. The number of aromatic nitrogens is 1. The van der Waals surface area contributed by atoms with Crippen molar-refractivity contribution >= 4 is 34.2 Å². The summed E-state index contributed by atoms with van der Waals surface area (Å²) < 4.78 is 6.51. The molecule has 0 aliphatic carbocycles. The second-order valence-electron chi connectivity index (χ2n) is 5.91. The molecule has 1 aromatic rings. The Bertz CT molecular complexity index is 374. The van der Waals surface area contributed by atoms with E-state index in [1.807, 2.05) is 0 Å². The lowest BCUT2D eigenvalue weighted by Crippen LogP contribution is -2.22. The maximum absolute atomic E-state index is 6.06. The standard InChI is InChI=1S/C16H27ClINO/c1-4-6-8-9-10-12-16(3,11-7-5-2)15-19-13(17)14(18)20-15/h4-12H2,1-3H3. The molecule has 0 aliphatic rings. The lowest BCUT2D eigenvalue weighted by molar-refractivity contribution is 0.284. The van der Waals surface area contributed by atoms with Gasteiger partial charge < -0.3 is 4.42 Å². The van der Waals surface area contributed by atoms with Gasteiger partial charge in [-0.2, -0.15) is 0 Å². The molecule has 0 spiro atoms. The molecular formula is C16H27ClINO. The van der Waals surface area contributed by atoms with Gasteiger partial charge in [-0.3, -0.25) is 0 Å². The smallest absolute Gasteiger partial charge is 0.203 e. The van der Waals surface area contributed by atoms with Crippen LogP contribution in [0.3, 0.4) is 0 Å². The minimum absolute atomic E-state index is 0.0370. The van der Waals surface area contributed by atoms with Gasteiger partial charge in [0.05, 0.1) is 0 Å². The Kier molecular flexibility index (Phi) is 8.49. The second-order valence-corrected chi connectivity index (χ2v) is 7.25. The number of hydrogen-bond donors (Lipinski definition) is 0. The Balaban J connectivity index is 2.65. The zero-order chi connectivity index (χ0) is 15.0. The van der Waals surface area contributed by atoms with Crippen LogP contribution in [0.1, 0.15) is 84.4 Å². The van der Waals surface area contributed by atoms with Crippen molar-refractivity contribution in [1.82, 2.24) is 4.98 Å². The summed E-state index contributed by atoms with van der Waals surface area (Å²) in [6, 6.07) is 0. The van der Waals surface area contributed by atoms with Crippen molar-refractivity contribution in [2.75, 3.05) is 0 Å². The SMILES string of the molecule is CCCCCCCC(C)(CCCC)c1nc(Cl)c(I)o1. The minimum atomic E-state index is 0.0370. The summed E-state index contributed by atoms with van der Waals surface area (Å²) >= 11 is 8.18. The molecule has 1 atom stereocenters. The fourth-order valence-electron chi connectivity index (χ4n) is 2.57. The number of rotatable bonds is 10. The third-order valence-corrected chi connectivity index (χ3v) is 5.28. The predicted molar refractivity (Wildman–Crippen MR) is 94.5 cm³/mol. The summed E-state index contributed by atoms with van der Waals surface area (Å²) in [6.45, 7) is 6.76. The van der Waals surface area contributed by atoms with E-state index in [-0.39, 0.29) is 5.41 Å². The van der Waals surface area contributed by atoms with Crippen molar-refractivity contribution in [1.29, 1.82) is 0 Å². The first-order valence-corrected chi connectivity index (χ1v) is 9.31. The van der Waals surface area contributed by atoms with Crippen LogP contribution in [0, 0.1) is 3.77 Å². The van der Waals surface area contributed by atoms with Crippen LogP contribution in [0.25, 0.3) is 0 Å². The molecule has 2 nitrogen and oxygen atoms in total. The largest absolute Gasteiger partial charge is 0.433 e. The molecule has 1 rings (SSSR count). The molecule has 20 heavy (non-hydrogen) atoms. The molecular weight excluding hydrogens is 385 g/mol. The third kappa shape index (κ3) is 5.55. The highest BCUT2D eigenvalue weighted by Crippen LogP contribution is 2.36. The monoisotopic (exact) mass is 411 g/mol. The van der Waals surface area contributed by atoms with Gasteiger partial charge in [0.25, 0.3) is 0 Å². The Morgan fingerprint density at radius 2 is 1.65 bits per heavy atom. The topological polar surface area (TPSA) is 26.0 Å². The van der Waals surface area contributed by atoms with Crippen LogP contribution in [0.15, 0.2) is 4.42 Å². The van der Waals surface area contributed by atoms with Crippen LogP contribution in [-0.4, -0.2) is 4.98 Å². The van der Waals surface area contributed by atoms with Crippen molar-refractivity contribution in [2.45, 2.75) is 84.0 Å². The zero-order valence-corrected chi connectivity index (χ0v) is 15.9. The van der Waals surface area contributed by atoms with Crippen LogP contribution in [0.2, 0.25) is 5.15 Å². The first-order chi connectivity index (χ1) is 9.53. The molecule has 1 unspecified atom stereocenters. The minimum Gasteiger partial charge on any atom is -0.433 e. The van der Waals surface area contributed by atoms with E-state index in [1.54, 1.807) is 0 Å². The summed E-state index contributed by atoms with van der Waals surface area (Å²) in [5.74, 6) is 0.829. The fourth-order valence-corrected chi connectivity index (χ4v) is 3.01. The van der Waals surface area contributed by atoms with Crippen molar-refractivity contribution < 1.29 is 4.42 Å². The lowest BCUT2D eigenvalue weighted by Gasteiger charge is -2.26.